The molecule has 1 atom stereocenters. The van der Waals surface area contributed by atoms with Gasteiger partial charge in [-0.3, -0.25) is 4.79 Å². The zero-order chi connectivity index (χ0) is 17.4. The van der Waals surface area contributed by atoms with Gasteiger partial charge < -0.3 is 19.5 Å². The molecule has 130 valence electrons. The monoisotopic (exact) mass is 323 g/mol. The molecule has 0 aliphatic carbocycles. The molecule has 0 radical (unpaired) electrons. The van der Waals surface area contributed by atoms with Gasteiger partial charge in [0.15, 0.2) is 11.5 Å². The fourth-order valence-electron chi connectivity index (χ4n) is 2.42. The molecule has 1 rings (SSSR count). The molecule has 5 nitrogen and oxygen atoms in total. The van der Waals surface area contributed by atoms with E-state index in [-0.39, 0.29) is 11.9 Å². The molecule has 0 heterocycles. The molecule has 0 spiro atoms. The molecule has 0 unspecified atom stereocenters. The second kappa shape index (κ2) is 9.28. The van der Waals surface area contributed by atoms with Gasteiger partial charge in [0, 0.05) is 11.6 Å². The van der Waals surface area contributed by atoms with Gasteiger partial charge in [-0.15, -0.1) is 0 Å². The quantitative estimate of drug-likeness (QED) is 0.753. The number of hydrogen-bond donors (Lipinski definition) is 1. The third-order valence-corrected chi connectivity index (χ3v) is 3.72. The normalized spacial score (nSPS) is 12.0. The second-order valence-corrected chi connectivity index (χ2v) is 6.11. The van der Waals surface area contributed by atoms with E-state index in [0.29, 0.717) is 28.7 Å². The largest absolute Gasteiger partial charge is 0.493 e. The van der Waals surface area contributed by atoms with Crippen LogP contribution in [-0.2, 0) is 0 Å². The predicted octanol–water partition coefficient (Wildman–Crippen LogP) is 3.66. The molecule has 1 N–H and O–H groups in total. The highest BCUT2D eigenvalue weighted by atomic mass is 16.5. The number of rotatable bonds is 9. The van der Waals surface area contributed by atoms with Crippen molar-refractivity contribution in [2.45, 2.75) is 46.1 Å². The lowest BCUT2D eigenvalue weighted by atomic mass is 10.0. The Morgan fingerprint density at radius 2 is 1.57 bits per heavy atom. The molecule has 0 aliphatic heterocycles. The Hall–Kier alpha value is -1.91. The van der Waals surface area contributed by atoms with Crippen LogP contribution in [0.4, 0.5) is 0 Å². The number of carbonyl (C=O) groups excluding carboxylic acids is 1. The van der Waals surface area contributed by atoms with Crippen LogP contribution in [0, 0.1) is 5.92 Å². The average Bonchev–Trinajstić information content (AvgIpc) is 2.52. The lowest BCUT2D eigenvalue weighted by molar-refractivity contribution is 0.0937. The van der Waals surface area contributed by atoms with Crippen molar-refractivity contribution in [3.05, 3.63) is 17.7 Å². The Bertz CT molecular complexity index is 489. The number of nitrogens with one attached hydrogen (secondary N) is 1. The second-order valence-electron chi connectivity index (χ2n) is 6.11. The van der Waals surface area contributed by atoms with Crippen molar-refractivity contribution in [3.8, 4) is 17.2 Å². The van der Waals surface area contributed by atoms with Crippen LogP contribution in [0.25, 0.3) is 0 Å². The summed E-state index contributed by atoms with van der Waals surface area (Å²) in [4.78, 5) is 12.4. The van der Waals surface area contributed by atoms with E-state index in [1.165, 1.54) is 27.8 Å². The Morgan fingerprint density at radius 3 is 2.00 bits per heavy atom. The molecule has 1 aromatic rings. The standard InChI is InChI=1S/C18H29NO4/c1-12(2)8-7-9-13(3)19-18(20)14-10-15(21-4)17(23-6)16(11-14)22-5/h10-13H,7-9H2,1-6H3,(H,19,20)/t13-/m1/s1. The third-order valence-electron chi connectivity index (χ3n) is 3.72. The summed E-state index contributed by atoms with van der Waals surface area (Å²) >= 11 is 0. The topological polar surface area (TPSA) is 56.8 Å². The van der Waals surface area contributed by atoms with Crippen molar-refractivity contribution in [2.24, 2.45) is 5.92 Å². The first-order chi connectivity index (χ1) is 10.9. The molecule has 23 heavy (non-hydrogen) atoms. The number of carbonyl (C=O) groups is 1. The minimum Gasteiger partial charge on any atom is -0.493 e. The lowest BCUT2D eigenvalue weighted by Gasteiger charge is -2.17. The summed E-state index contributed by atoms with van der Waals surface area (Å²) in [6.07, 6.45) is 3.24. The van der Waals surface area contributed by atoms with E-state index in [1.54, 1.807) is 12.1 Å². The summed E-state index contributed by atoms with van der Waals surface area (Å²) in [5, 5.41) is 3.02. The van der Waals surface area contributed by atoms with Crippen molar-refractivity contribution in [2.75, 3.05) is 21.3 Å². The van der Waals surface area contributed by atoms with Gasteiger partial charge in [-0.1, -0.05) is 26.7 Å². The number of hydrogen-bond acceptors (Lipinski definition) is 4. The highest BCUT2D eigenvalue weighted by molar-refractivity contribution is 5.95. The van der Waals surface area contributed by atoms with Crippen LogP contribution < -0.4 is 19.5 Å². The molecule has 0 bridgehead atoms. The van der Waals surface area contributed by atoms with Crippen LogP contribution in [0.15, 0.2) is 12.1 Å². The van der Waals surface area contributed by atoms with Crippen LogP contribution in [-0.4, -0.2) is 33.3 Å². The summed E-state index contributed by atoms with van der Waals surface area (Å²) in [5.74, 6) is 1.99. The molecule has 0 aromatic heterocycles. The Kier molecular flexibility index (Phi) is 7.72. The van der Waals surface area contributed by atoms with Crippen molar-refractivity contribution in [3.63, 3.8) is 0 Å². The van der Waals surface area contributed by atoms with Gasteiger partial charge >= 0.3 is 0 Å². The fourth-order valence-corrected chi connectivity index (χ4v) is 2.42. The molecular formula is C18H29NO4. The zero-order valence-electron chi connectivity index (χ0n) is 15.1. The van der Waals surface area contributed by atoms with Gasteiger partial charge in [0.05, 0.1) is 21.3 Å². The SMILES string of the molecule is COc1cc(C(=O)N[C@H](C)CCCC(C)C)cc(OC)c1OC. The minimum atomic E-state index is -0.138. The van der Waals surface area contributed by atoms with Crippen LogP contribution in [0.3, 0.4) is 0 Å². The van der Waals surface area contributed by atoms with Gasteiger partial charge in [0.25, 0.3) is 5.91 Å². The molecular weight excluding hydrogens is 294 g/mol. The lowest BCUT2D eigenvalue weighted by Crippen LogP contribution is -2.32. The number of ether oxygens (including phenoxy) is 3. The molecule has 5 heteroatoms. The molecule has 1 aromatic carbocycles. The van der Waals surface area contributed by atoms with Crippen molar-refractivity contribution < 1.29 is 19.0 Å². The van der Waals surface area contributed by atoms with Gasteiger partial charge in [-0.2, -0.15) is 0 Å². The van der Waals surface area contributed by atoms with Crippen LogP contribution in [0.2, 0.25) is 0 Å². The highest BCUT2D eigenvalue weighted by Gasteiger charge is 2.18. The Morgan fingerprint density at radius 1 is 1.00 bits per heavy atom. The maximum atomic E-state index is 12.4. The van der Waals surface area contributed by atoms with Crippen LogP contribution >= 0.6 is 0 Å². The van der Waals surface area contributed by atoms with Gasteiger partial charge in [0.2, 0.25) is 5.75 Å². The third kappa shape index (κ3) is 5.66. The smallest absolute Gasteiger partial charge is 0.251 e. The Labute approximate surface area is 139 Å². The van der Waals surface area contributed by atoms with E-state index in [0.717, 1.165) is 12.8 Å². The van der Waals surface area contributed by atoms with Crippen molar-refractivity contribution >= 4 is 5.91 Å². The maximum Gasteiger partial charge on any atom is 0.251 e. The fraction of sp³-hybridized carbons (Fsp3) is 0.611. The van der Waals surface area contributed by atoms with E-state index < -0.39 is 0 Å². The number of amides is 1. The summed E-state index contributed by atoms with van der Waals surface area (Å²) < 4.78 is 15.8. The molecule has 0 fully saturated rings. The summed E-state index contributed by atoms with van der Waals surface area (Å²) in [5.41, 5.74) is 0.496. The first kappa shape index (κ1) is 19.1. The van der Waals surface area contributed by atoms with Crippen molar-refractivity contribution in [1.29, 1.82) is 0 Å². The van der Waals surface area contributed by atoms with E-state index in [9.17, 15) is 4.79 Å². The molecule has 0 saturated heterocycles. The van der Waals surface area contributed by atoms with Crippen LogP contribution in [0.1, 0.15) is 50.4 Å². The molecule has 0 saturated carbocycles. The summed E-state index contributed by atoms with van der Waals surface area (Å²) in [7, 11) is 4.61. The average molecular weight is 323 g/mol. The molecule has 0 aliphatic rings. The molecule has 1 amide bonds. The summed E-state index contributed by atoms with van der Waals surface area (Å²) in [6, 6.07) is 3.45. The van der Waals surface area contributed by atoms with Gasteiger partial charge in [-0.05, 0) is 31.4 Å². The Balaban J connectivity index is 2.79. The number of benzene rings is 1. The summed E-state index contributed by atoms with van der Waals surface area (Å²) in [6.45, 7) is 6.44. The predicted molar refractivity (Wildman–Crippen MR) is 91.7 cm³/mol. The van der Waals surface area contributed by atoms with E-state index in [1.807, 2.05) is 6.92 Å². The highest BCUT2D eigenvalue weighted by Crippen LogP contribution is 2.38. The number of methoxy groups -OCH3 is 3. The van der Waals surface area contributed by atoms with E-state index in [4.69, 9.17) is 14.2 Å². The minimum absolute atomic E-state index is 0.125. The van der Waals surface area contributed by atoms with E-state index >= 15 is 0 Å². The maximum absolute atomic E-state index is 12.4. The van der Waals surface area contributed by atoms with E-state index in [2.05, 4.69) is 19.2 Å². The van der Waals surface area contributed by atoms with Crippen LogP contribution in [0.5, 0.6) is 17.2 Å². The first-order valence-corrected chi connectivity index (χ1v) is 8.03. The van der Waals surface area contributed by atoms with Crippen molar-refractivity contribution in [1.82, 2.24) is 5.32 Å². The zero-order valence-corrected chi connectivity index (χ0v) is 15.1. The first-order valence-electron chi connectivity index (χ1n) is 8.03. The van der Waals surface area contributed by atoms with Gasteiger partial charge in [0.1, 0.15) is 0 Å². The van der Waals surface area contributed by atoms with Gasteiger partial charge in [-0.25, -0.2) is 0 Å².